The lowest BCUT2D eigenvalue weighted by Gasteiger charge is -2.17. The van der Waals surface area contributed by atoms with Gasteiger partial charge >= 0.3 is 5.97 Å². The summed E-state index contributed by atoms with van der Waals surface area (Å²) >= 11 is 0. The number of carbonyl (C=O) groups is 2. The van der Waals surface area contributed by atoms with E-state index < -0.39 is 23.7 Å². The fourth-order valence-corrected chi connectivity index (χ4v) is 1.94. The molecule has 5 nitrogen and oxygen atoms in total. The van der Waals surface area contributed by atoms with Gasteiger partial charge in [0, 0.05) is 6.04 Å². The molecule has 0 saturated heterocycles. The minimum Gasteiger partial charge on any atom is -0.496 e. The zero-order valence-corrected chi connectivity index (χ0v) is 11.5. The quantitative estimate of drug-likeness (QED) is 0.804. The second-order valence-electron chi connectivity index (χ2n) is 4.37. The van der Waals surface area contributed by atoms with Crippen LogP contribution in [0.25, 0.3) is 0 Å². The number of hydrogen-bond acceptors (Lipinski definition) is 3. The summed E-state index contributed by atoms with van der Waals surface area (Å²) in [4.78, 5) is 22.8. The van der Waals surface area contributed by atoms with Crippen molar-refractivity contribution in [2.45, 2.75) is 32.2 Å². The van der Waals surface area contributed by atoms with E-state index in [0.29, 0.717) is 12.8 Å². The van der Waals surface area contributed by atoms with Gasteiger partial charge in [0.15, 0.2) is 0 Å². The minimum atomic E-state index is -1.01. The summed E-state index contributed by atoms with van der Waals surface area (Å²) in [5.74, 6) is -2.26. The van der Waals surface area contributed by atoms with Crippen molar-refractivity contribution in [1.82, 2.24) is 5.32 Å². The zero-order chi connectivity index (χ0) is 15.1. The van der Waals surface area contributed by atoms with Crippen LogP contribution in [0.15, 0.2) is 18.2 Å². The van der Waals surface area contributed by atoms with E-state index >= 15 is 0 Å². The predicted octanol–water partition coefficient (Wildman–Crippen LogP) is 2.21. The zero-order valence-electron chi connectivity index (χ0n) is 11.5. The van der Waals surface area contributed by atoms with Crippen molar-refractivity contribution >= 4 is 11.9 Å². The number of carboxylic acids is 1. The van der Waals surface area contributed by atoms with Crippen LogP contribution in [0.1, 0.15) is 36.5 Å². The van der Waals surface area contributed by atoms with E-state index in [9.17, 15) is 14.0 Å². The molecule has 2 N–H and O–H groups in total. The van der Waals surface area contributed by atoms with Gasteiger partial charge in [0.25, 0.3) is 5.91 Å². The van der Waals surface area contributed by atoms with E-state index in [4.69, 9.17) is 9.84 Å². The molecule has 1 amide bonds. The third-order valence-corrected chi connectivity index (χ3v) is 2.82. The summed E-state index contributed by atoms with van der Waals surface area (Å²) in [6, 6.07) is 3.54. The van der Waals surface area contributed by atoms with Crippen molar-refractivity contribution < 1.29 is 23.8 Å². The minimum absolute atomic E-state index is 0.119. The summed E-state index contributed by atoms with van der Waals surface area (Å²) in [6.07, 6.45) is 1.03. The van der Waals surface area contributed by atoms with Crippen molar-refractivity contribution in [1.29, 1.82) is 0 Å². The van der Waals surface area contributed by atoms with Crippen molar-refractivity contribution in [3.05, 3.63) is 29.6 Å². The molecule has 0 aromatic heterocycles. The monoisotopic (exact) mass is 283 g/mol. The van der Waals surface area contributed by atoms with E-state index in [1.54, 1.807) is 0 Å². The molecule has 0 bridgehead atoms. The van der Waals surface area contributed by atoms with Gasteiger partial charge in [0.05, 0.1) is 13.5 Å². The van der Waals surface area contributed by atoms with Crippen LogP contribution in [0, 0.1) is 5.82 Å². The van der Waals surface area contributed by atoms with Crippen LogP contribution >= 0.6 is 0 Å². The molecule has 0 aliphatic carbocycles. The number of ether oxygens (including phenoxy) is 1. The SMILES string of the molecule is CCCC(CC(=O)O)NC(=O)c1c(F)cccc1OC. The Kier molecular flexibility index (Phi) is 5.96. The molecule has 1 rings (SSSR count). The molecule has 1 unspecified atom stereocenters. The summed E-state index contributed by atoms with van der Waals surface area (Å²) in [7, 11) is 1.34. The number of nitrogens with one attached hydrogen (secondary N) is 1. The van der Waals surface area contributed by atoms with Crippen LogP contribution in [0.5, 0.6) is 5.75 Å². The molecule has 1 aromatic rings. The van der Waals surface area contributed by atoms with Gasteiger partial charge in [-0.05, 0) is 18.6 Å². The van der Waals surface area contributed by atoms with E-state index in [1.807, 2.05) is 6.92 Å². The second kappa shape index (κ2) is 7.47. The highest BCUT2D eigenvalue weighted by atomic mass is 19.1. The number of carboxylic acid groups (broad SMARTS) is 1. The van der Waals surface area contributed by atoms with Crippen molar-refractivity contribution in [2.24, 2.45) is 0 Å². The van der Waals surface area contributed by atoms with Gasteiger partial charge in [-0.2, -0.15) is 0 Å². The summed E-state index contributed by atoms with van der Waals surface area (Å²) in [5, 5.41) is 11.3. The molecule has 110 valence electrons. The molecule has 0 aliphatic rings. The lowest BCUT2D eigenvalue weighted by Crippen LogP contribution is -2.37. The normalized spacial score (nSPS) is 11.8. The van der Waals surface area contributed by atoms with Gasteiger partial charge in [-0.1, -0.05) is 19.4 Å². The van der Waals surface area contributed by atoms with Crippen LogP contribution in [0.4, 0.5) is 4.39 Å². The topological polar surface area (TPSA) is 75.6 Å². The average Bonchev–Trinajstić information content (AvgIpc) is 2.37. The van der Waals surface area contributed by atoms with Crippen LogP contribution < -0.4 is 10.1 Å². The van der Waals surface area contributed by atoms with E-state index in [0.717, 1.165) is 6.07 Å². The molecule has 1 aromatic carbocycles. The summed E-state index contributed by atoms with van der Waals surface area (Å²) < 4.78 is 18.7. The Morgan fingerprint density at radius 1 is 1.45 bits per heavy atom. The largest absolute Gasteiger partial charge is 0.496 e. The standard InChI is InChI=1S/C14H18FNO4/c1-3-5-9(8-12(17)18)16-14(19)13-10(15)6-4-7-11(13)20-2/h4,6-7,9H,3,5,8H2,1-2H3,(H,16,19)(H,17,18). The summed E-state index contributed by atoms with van der Waals surface area (Å²) in [5.41, 5.74) is -0.207. The smallest absolute Gasteiger partial charge is 0.305 e. The maximum atomic E-state index is 13.7. The second-order valence-corrected chi connectivity index (χ2v) is 4.37. The van der Waals surface area contributed by atoms with Crippen molar-refractivity contribution in [2.75, 3.05) is 7.11 Å². The number of rotatable bonds is 7. The van der Waals surface area contributed by atoms with Gasteiger partial charge in [-0.3, -0.25) is 9.59 Å². The first-order chi connectivity index (χ1) is 9.49. The maximum absolute atomic E-state index is 13.7. The molecular formula is C14H18FNO4. The van der Waals surface area contributed by atoms with Gasteiger partial charge in [0.2, 0.25) is 0 Å². The number of halogens is 1. The van der Waals surface area contributed by atoms with Gasteiger partial charge in [-0.25, -0.2) is 4.39 Å². The maximum Gasteiger partial charge on any atom is 0.305 e. The fraction of sp³-hybridized carbons (Fsp3) is 0.429. The first-order valence-corrected chi connectivity index (χ1v) is 6.34. The molecule has 0 aliphatic heterocycles. The van der Waals surface area contributed by atoms with Crippen LogP contribution in [0.2, 0.25) is 0 Å². The van der Waals surface area contributed by atoms with Crippen molar-refractivity contribution in [3.8, 4) is 5.75 Å². The Labute approximate surface area is 116 Å². The molecule has 0 heterocycles. The van der Waals surface area contributed by atoms with Crippen LogP contribution in [-0.2, 0) is 4.79 Å². The molecule has 1 atom stereocenters. The van der Waals surface area contributed by atoms with Gasteiger partial charge in [-0.15, -0.1) is 0 Å². The predicted molar refractivity (Wildman–Crippen MR) is 71.4 cm³/mol. The highest BCUT2D eigenvalue weighted by molar-refractivity contribution is 5.97. The van der Waals surface area contributed by atoms with Crippen molar-refractivity contribution in [3.63, 3.8) is 0 Å². The first kappa shape index (κ1) is 15.9. The Bertz CT molecular complexity index is 490. The van der Waals surface area contributed by atoms with Crippen LogP contribution in [-0.4, -0.2) is 30.1 Å². The number of aliphatic carboxylic acids is 1. The lowest BCUT2D eigenvalue weighted by molar-refractivity contribution is -0.137. The lowest BCUT2D eigenvalue weighted by atomic mass is 10.1. The third kappa shape index (κ3) is 4.22. The number of amides is 1. The molecule has 0 fully saturated rings. The molecule has 0 saturated carbocycles. The highest BCUT2D eigenvalue weighted by Crippen LogP contribution is 2.21. The number of methoxy groups -OCH3 is 1. The summed E-state index contributed by atoms with van der Waals surface area (Å²) in [6.45, 7) is 1.88. The first-order valence-electron chi connectivity index (χ1n) is 6.34. The highest BCUT2D eigenvalue weighted by Gasteiger charge is 2.21. The molecule has 6 heteroatoms. The number of carbonyl (C=O) groups excluding carboxylic acids is 1. The van der Waals surface area contributed by atoms with E-state index in [2.05, 4.69) is 5.32 Å². The molecule has 0 spiro atoms. The van der Waals surface area contributed by atoms with Crippen LogP contribution in [0.3, 0.4) is 0 Å². The third-order valence-electron chi connectivity index (χ3n) is 2.82. The molecule has 0 radical (unpaired) electrons. The number of benzene rings is 1. The Balaban J connectivity index is 2.91. The fourth-order valence-electron chi connectivity index (χ4n) is 1.94. The van der Waals surface area contributed by atoms with Gasteiger partial charge < -0.3 is 15.2 Å². The van der Waals surface area contributed by atoms with E-state index in [-0.39, 0.29) is 17.7 Å². The Morgan fingerprint density at radius 2 is 2.15 bits per heavy atom. The molecular weight excluding hydrogens is 265 g/mol. The van der Waals surface area contributed by atoms with Gasteiger partial charge in [0.1, 0.15) is 17.1 Å². The average molecular weight is 283 g/mol. The molecule has 20 heavy (non-hydrogen) atoms. The number of hydrogen-bond donors (Lipinski definition) is 2. The Hall–Kier alpha value is -2.11. The Morgan fingerprint density at radius 3 is 2.70 bits per heavy atom. The van der Waals surface area contributed by atoms with E-state index in [1.165, 1.54) is 19.2 Å².